The van der Waals surface area contributed by atoms with Crippen molar-refractivity contribution in [3.05, 3.63) is 297 Å². The molecule has 18 rings (SSSR count). The Balaban J connectivity index is 0.000000138. The molecule has 12 aromatic rings. The van der Waals surface area contributed by atoms with Crippen LogP contribution in [0.15, 0.2) is 227 Å². The Hall–Kier alpha value is -11.0. The van der Waals surface area contributed by atoms with Crippen molar-refractivity contribution in [2.45, 2.75) is 156 Å². The molecule has 0 saturated heterocycles. The van der Waals surface area contributed by atoms with Gasteiger partial charge in [0.2, 0.25) is 0 Å². The summed E-state index contributed by atoms with van der Waals surface area (Å²) in [5, 5.41) is 18.7. The lowest BCUT2D eigenvalue weighted by molar-refractivity contribution is 0.0722. The Bertz CT molecular complexity index is 6360. The molecule has 21 nitrogen and oxygen atoms in total. The first-order valence-electron chi connectivity index (χ1n) is 41.1. The topological polar surface area (TPSA) is 229 Å². The molecular weight excluding hydrogens is 1680 g/mol. The van der Waals surface area contributed by atoms with E-state index < -0.39 is 51.0 Å². The van der Waals surface area contributed by atoms with E-state index >= 15 is 0 Å². The fourth-order valence-electron chi connectivity index (χ4n) is 19.5. The highest BCUT2D eigenvalue weighted by atomic mass is 35.5. The summed E-state index contributed by atoms with van der Waals surface area (Å²) in [7, 11) is -2.83. The largest absolute Gasteiger partial charge is 0.356 e. The summed E-state index contributed by atoms with van der Waals surface area (Å²) in [5.41, 5.74) is 8.17. The Morgan fingerprint density at radius 3 is 1.19 bits per heavy atom. The predicted molar refractivity (Wildman–Crippen MR) is 479 cm³/mol. The van der Waals surface area contributed by atoms with E-state index in [2.05, 4.69) is 65.1 Å². The number of carbonyl (C=O) groups is 3. The van der Waals surface area contributed by atoms with Crippen molar-refractivity contribution >= 4 is 105 Å². The van der Waals surface area contributed by atoms with Gasteiger partial charge in [0.15, 0.2) is 17.3 Å². The first-order chi connectivity index (χ1) is 59.1. The van der Waals surface area contributed by atoms with E-state index in [9.17, 15) is 44.6 Å². The van der Waals surface area contributed by atoms with Crippen LogP contribution in [0.3, 0.4) is 0 Å². The van der Waals surface area contributed by atoms with Crippen molar-refractivity contribution in [3.8, 4) is 17.1 Å². The number of halogens is 6. The lowest BCUT2D eigenvalue weighted by Crippen LogP contribution is -2.52. The second-order valence-corrected chi connectivity index (χ2v) is 41.9. The first kappa shape index (κ1) is 86.5. The first-order valence-corrected chi connectivity index (χ1v) is 47.0. The number of hydrogen-bond donors (Lipinski definition) is 0. The molecule has 4 unspecified atom stereocenters. The van der Waals surface area contributed by atoms with Crippen molar-refractivity contribution < 1.29 is 44.6 Å². The van der Waals surface area contributed by atoms with Crippen molar-refractivity contribution in [1.82, 2.24) is 71.8 Å². The molecule has 6 aliphatic carbocycles. The quantitative estimate of drug-likeness (QED) is 0.0393. The number of allylic oxidation sites excluding steroid dienone is 3. The van der Waals surface area contributed by atoms with E-state index in [-0.39, 0.29) is 75.8 Å². The third kappa shape index (κ3) is 16.2. The SMILES string of the molecule is C=S(=O)(c1ccn(C)c1)C(C)[C@H]1CCC2=Cc3c(cnn3-c3ccc(F)cc3)C[C@]2(C(=O)c2cc(Cl)ccn2)C1.C=S(=O)(c1ccn(C)c1)N(C(C)C)[C@H]1CCC2=Cc3c(cnn3-c3ccc(F)cc3)C[C@]2(C(=O)c2cc(Cl)ccn2)C1.C=S(=O)(c1cnn(C)c1)N(C(C)C)[C@H]1CCC2=Cc3c(cnn3-c3ccc(F)cc3)C[C@]2(C(=O)c2cc(F)ccn2)C1. The van der Waals surface area contributed by atoms with E-state index in [1.54, 1.807) is 130 Å². The number of benzene rings is 3. The molecule has 30 heteroatoms. The normalized spacial score (nSPS) is 21.8. The molecule has 0 aliphatic heterocycles. The van der Waals surface area contributed by atoms with Gasteiger partial charge in [0.05, 0.1) is 104 Å². The van der Waals surface area contributed by atoms with Gasteiger partial charge < -0.3 is 9.13 Å². The zero-order chi connectivity index (χ0) is 87.9. The lowest BCUT2D eigenvalue weighted by atomic mass is 9.58. The Labute approximate surface area is 729 Å². The maximum atomic E-state index is 14.6. The van der Waals surface area contributed by atoms with Gasteiger partial charge >= 0.3 is 0 Å². The van der Waals surface area contributed by atoms with Gasteiger partial charge in [0.25, 0.3) is 0 Å². The fourth-order valence-corrected chi connectivity index (χ4v) is 26.1. The molecule has 0 radical (unpaired) electrons. The minimum atomic E-state index is -2.94. The molecule has 3 aromatic carbocycles. The summed E-state index contributed by atoms with van der Waals surface area (Å²) < 4.78 is 113. The molecule has 9 heterocycles. The van der Waals surface area contributed by atoms with Gasteiger partial charge in [-0.05, 0) is 278 Å². The number of aromatic nitrogens is 13. The van der Waals surface area contributed by atoms with Crippen LogP contribution in [0, 0.1) is 45.4 Å². The molecule has 0 bridgehead atoms. The average molecular weight is 1770 g/mol. The number of nitrogens with zero attached hydrogens (tertiary/aromatic N) is 15. The van der Waals surface area contributed by atoms with E-state index in [1.807, 2.05) is 109 Å². The number of aryl methyl sites for hydroxylation is 3. The van der Waals surface area contributed by atoms with Gasteiger partial charge in [0, 0.05) is 131 Å². The molecule has 10 atom stereocenters. The number of pyridine rings is 3. The summed E-state index contributed by atoms with van der Waals surface area (Å²) in [6, 6.07) is 30.5. The van der Waals surface area contributed by atoms with E-state index in [0.29, 0.717) is 108 Å². The van der Waals surface area contributed by atoms with Crippen LogP contribution in [-0.4, -0.2) is 149 Å². The smallest absolute Gasteiger partial charge is 0.191 e. The average Bonchev–Trinajstić information content (AvgIpc) is 1.45. The molecule has 0 amide bonds. The highest BCUT2D eigenvalue weighted by molar-refractivity contribution is 8.01. The molecule has 3 fully saturated rings. The zero-order valence-corrected chi connectivity index (χ0v) is 73.9. The maximum Gasteiger partial charge on any atom is 0.191 e. The van der Waals surface area contributed by atoms with Crippen LogP contribution in [0.25, 0.3) is 35.3 Å². The molecule has 124 heavy (non-hydrogen) atoms. The number of fused-ring (bicyclic) bond motifs is 6. The second-order valence-electron chi connectivity index (χ2n) is 34.0. The van der Waals surface area contributed by atoms with Gasteiger partial charge in [-0.1, -0.05) is 46.8 Å². The molecule has 3 saturated carbocycles. The number of rotatable bonds is 20. The van der Waals surface area contributed by atoms with Crippen molar-refractivity contribution in [2.24, 2.45) is 43.3 Å². The summed E-state index contributed by atoms with van der Waals surface area (Å²) in [6.07, 6.45) is 33.0. The van der Waals surface area contributed by atoms with Crippen LogP contribution in [-0.2, 0) is 69.3 Å². The van der Waals surface area contributed by atoms with Gasteiger partial charge in [-0.15, -0.1) is 0 Å². The minimum absolute atomic E-state index is 0.000756. The summed E-state index contributed by atoms with van der Waals surface area (Å²) >= 11 is 12.6. The van der Waals surface area contributed by atoms with Crippen LogP contribution in [0.4, 0.5) is 17.6 Å². The Morgan fingerprint density at radius 2 is 0.823 bits per heavy atom. The van der Waals surface area contributed by atoms with Crippen LogP contribution in [0.2, 0.25) is 10.0 Å². The van der Waals surface area contributed by atoms with Crippen molar-refractivity contribution in [3.63, 3.8) is 0 Å². The Morgan fingerprint density at radius 1 is 0.452 bits per heavy atom. The van der Waals surface area contributed by atoms with Crippen LogP contribution >= 0.6 is 23.2 Å². The van der Waals surface area contributed by atoms with Crippen LogP contribution in [0.1, 0.15) is 158 Å². The fraction of sp³-hybridized carbons (Fsp3) is 0.309. The zero-order valence-electron chi connectivity index (χ0n) is 69.9. The van der Waals surface area contributed by atoms with E-state index in [0.717, 1.165) is 73.2 Å². The monoisotopic (exact) mass is 1770 g/mol. The third-order valence-electron chi connectivity index (χ3n) is 25.5. The molecular formula is C94H95Cl2F4N15O6S3. The van der Waals surface area contributed by atoms with Crippen LogP contribution < -0.4 is 0 Å². The van der Waals surface area contributed by atoms with Crippen molar-refractivity contribution in [2.75, 3.05) is 0 Å². The molecule has 0 spiro atoms. The van der Waals surface area contributed by atoms with Gasteiger partial charge in [-0.25, -0.2) is 48.6 Å². The number of carbonyl (C=O) groups excluding carboxylic acids is 3. The standard InChI is InChI=1S/C32H33ClFN5O2S.C31H30ClFN4O2S.C31H32F2N6O2S/c1-21(2)39(42(4,41)28-12-14-37(3)20-28)27-8-5-23-15-30-22(19-36-38(30)26-9-6-25(34)7-10-26)17-32(23,18-27)31(40)29-16-24(33)11-13-35-29;1-20(40(3,39)27-11-13-36(2)19-27)21-4-5-23-14-29-22(18-35-37(29)26-8-6-25(33)7-9-26)17-31(23,16-21)30(38)28-15-24(32)10-12-34-28;1-20(2)39(42(4,41)27-18-35-37(3)19-27)26-8-5-22-13-29-21(17-36-38(29)25-9-6-23(32)7-10-25)15-31(22,16-26)30(40)28-14-24(33)11-12-34-28/h6-7,9-16,19-21,27H,4-5,8,17-18H2,1-3H3;6-15,18-21H,3-5,16-17H2,1-2H3;6-7,9-14,17-20,26H,4-5,8,15-16H2,1-3H3/t27-,32-,42?;20?,21-,31+,40?;26-,31-,42?/m000/s1. The minimum Gasteiger partial charge on any atom is -0.356 e. The summed E-state index contributed by atoms with van der Waals surface area (Å²) in [4.78, 5) is 58.4. The highest BCUT2D eigenvalue weighted by Crippen LogP contribution is 2.56. The number of Topliss-reactive ketones (excluding diaryl/α,β-unsaturated/α-hetero) is 3. The highest BCUT2D eigenvalue weighted by Gasteiger charge is 2.55. The lowest BCUT2D eigenvalue weighted by Gasteiger charge is -2.48. The maximum absolute atomic E-state index is 14.6. The molecule has 9 aromatic heterocycles. The number of ketones is 3. The molecule has 0 N–H and O–H groups in total. The van der Waals surface area contributed by atoms with Gasteiger partial charge in [-0.2, -0.15) is 20.4 Å². The summed E-state index contributed by atoms with van der Waals surface area (Å²) in [6.45, 7) is 10.00. The predicted octanol–water partition coefficient (Wildman–Crippen LogP) is 17.4. The van der Waals surface area contributed by atoms with E-state index in [1.165, 1.54) is 54.7 Å². The number of hydrogen-bond acceptors (Lipinski definition) is 13. The van der Waals surface area contributed by atoms with E-state index in [4.69, 9.17) is 23.2 Å². The van der Waals surface area contributed by atoms with Gasteiger partial charge in [-0.3, -0.25) is 38.2 Å². The summed E-state index contributed by atoms with van der Waals surface area (Å²) in [5.74, 6) is 10.6. The second kappa shape index (κ2) is 33.8. The third-order valence-corrected chi connectivity index (χ3v) is 33.3. The molecule has 6 aliphatic rings. The Kier molecular flexibility index (Phi) is 23.6. The molecule has 642 valence electrons. The van der Waals surface area contributed by atoms with Crippen LogP contribution in [0.5, 0.6) is 0 Å². The van der Waals surface area contributed by atoms with Gasteiger partial charge in [0.1, 0.15) is 40.4 Å². The van der Waals surface area contributed by atoms with Crippen molar-refractivity contribution in [1.29, 1.82) is 0 Å².